The average molecular weight is 358 g/mol. The third-order valence-electron chi connectivity index (χ3n) is 4.32. The molecular weight excluding hydrogens is 340 g/mol. The van der Waals surface area contributed by atoms with Gasteiger partial charge in [0.05, 0.1) is 16.9 Å². The number of aromatic nitrogens is 3. The van der Waals surface area contributed by atoms with Gasteiger partial charge in [0.25, 0.3) is 11.7 Å². The Balaban J connectivity index is 1.82. The van der Waals surface area contributed by atoms with Crippen LogP contribution in [0.2, 0.25) is 5.02 Å². The Bertz CT molecular complexity index is 929. The number of nitrogens with one attached hydrogen (secondary N) is 1. The number of benzene rings is 1. The Hall–Kier alpha value is -2.51. The summed E-state index contributed by atoms with van der Waals surface area (Å²) >= 11 is 6.25. The number of hydrogen-bond donors (Lipinski definition) is 1. The maximum atomic E-state index is 12.8. The molecule has 1 unspecified atom stereocenters. The van der Waals surface area contributed by atoms with Crippen molar-refractivity contribution in [3.8, 4) is 0 Å². The molecule has 2 aromatic rings. The van der Waals surface area contributed by atoms with Gasteiger partial charge in [-0.25, -0.2) is 4.90 Å². The number of hydrogen-bond acceptors (Lipinski definition) is 4. The molecule has 7 nitrogen and oxygen atoms in total. The van der Waals surface area contributed by atoms with Crippen molar-refractivity contribution in [1.82, 2.24) is 19.9 Å². The van der Waals surface area contributed by atoms with Crippen molar-refractivity contribution in [3.05, 3.63) is 46.5 Å². The van der Waals surface area contributed by atoms with Crippen LogP contribution >= 0.6 is 11.6 Å². The van der Waals surface area contributed by atoms with E-state index in [1.165, 1.54) is 0 Å². The topological polar surface area (TPSA) is 67.8 Å². The van der Waals surface area contributed by atoms with Crippen molar-refractivity contribution in [2.24, 2.45) is 10.9 Å². The SMILES string of the molecule is CC(C)Cc1cn(C2=C3N(C)C(=O)c4c(Cl)cccc4[NH+]3C=N2)nn1. The molecule has 0 saturated carbocycles. The van der Waals surface area contributed by atoms with Crippen LogP contribution in [-0.4, -0.2) is 39.2 Å². The molecule has 1 aromatic carbocycles. The van der Waals surface area contributed by atoms with E-state index in [0.29, 0.717) is 22.3 Å². The second kappa shape index (κ2) is 5.79. The van der Waals surface area contributed by atoms with Gasteiger partial charge in [-0.15, -0.1) is 5.10 Å². The van der Waals surface area contributed by atoms with E-state index in [0.717, 1.165) is 28.5 Å². The van der Waals surface area contributed by atoms with Gasteiger partial charge in [-0.1, -0.05) is 36.7 Å². The minimum absolute atomic E-state index is 0.148. The fourth-order valence-electron chi connectivity index (χ4n) is 3.21. The molecule has 25 heavy (non-hydrogen) atoms. The summed E-state index contributed by atoms with van der Waals surface area (Å²) < 4.78 is 1.63. The second-order valence-electron chi connectivity index (χ2n) is 6.62. The van der Waals surface area contributed by atoms with Gasteiger partial charge < -0.3 is 0 Å². The first-order valence-electron chi connectivity index (χ1n) is 8.11. The summed E-state index contributed by atoms with van der Waals surface area (Å²) in [5, 5.41) is 8.85. The zero-order chi connectivity index (χ0) is 17.7. The molecule has 8 heteroatoms. The number of fused-ring (bicyclic) bond motifs is 3. The van der Waals surface area contributed by atoms with Crippen LogP contribution in [0.3, 0.4) is 0 Å². The molecule has 0 aliphatic carbocycles. The summed E-state index contributed by atoms with van der Waals surface area (Å²) in [5.74, 6) is 1.66. The Kier molecular flexibility index (Phi) is 3.70. The van der Waals surface area contributed by atoms with E-state index < -0.39 is 0 Å². The van der Waals surface area contributed by atoms with Crippen molar-refractivity contribution in [2.75, 3.05) is 7.05 Å². The molecule has 2 aliphatic heterocycles. The molecule has 3 heterocycles. The Morgan fingerprint density at radius 3 is 2.88 bits per heavy atom. The average Bonchev–Trinajstić information content (AvgIpc) is 3.18. The molecule has 0 saturated heterocycles. The lowest BCUT2D eigenvalue weighted by Crippen LogP contribution is -3.06. The van der Waals surface area contributed by atoms with Crippen LogP contribution in [0.15, 0.2) is 35.2 Å². The van der Waals surface area contributed by atoms with E-state index in [1.54, 1.807) is 29.0 Å². The number of amides is 1. The predicted octanol–water partition coefficient (Wildman–Crippen LogP) is 1.56. The molecule has 2 aliphatic rings. The van der Waals surface area contributed by atoms with Crippen molar-refractivity contribution in [3.63, 3.8) is 0 Å². The van der Waals surface area contributed by atoms with E-state index in [2.05, 4.69) is 29.2 Å². The first kappa shape index (κ1) is 16.0. The highest BCUT2D eigenvalue weighted by atomic mass is 35.5. The Labute approximate surface area is 150 Å². The minimum Gasteiger partial charge on any atom is -0.268 e. The maximum absolute atomic E-state index is 12.8. The molecule has 1 aromatic heterocycles. The summed E-state index contributed by atoms with van der Waals surface area (Å²) in [6.07, 6.45) is 4.47. The first-order chi connectivity index (χ1) is 12.0. The highest BCUT2D eigenvalue weighted by Gasteiger charge is 2.43. The molecule has 4 rings (SSSR count). The third kappa shape index (κ3) is 2.47. The smallest absolute Gasteiger partial charge is 0.268 e. The summed E-state index contributed by atoms with van der Waals surface area (Å²) in [6.45, 7) is 4.27. The minimum atomic E-state index is -0.148. The monoisotopic (exact) mass is 357 g/mol. The van der Waals surface area contributed by atoms with E-state index in [-0.39, 0.29) is 5.91 Å². The molecule has 0 radical (unpaired) electrons. The molecule has 0 spiro atoms. The fourth-order valence-corrected chi connectivity index (χ4v) is 3.47. The van der Waals surface area contributed by atoms with Gasteiger partial charge in [-0.2, -0.15) is 9.67 Å². The number of rotatable bonds is 3. The van der Waals surface area contributed by atoms with Crippen LogP contribution < -0.4 is 4.90 Å². The van der Waals surface area contributed by atoms with Gasteiger partial charge in [0.1, 0.15) is 5.56 Å². The van der Waals surface area contributed by atoms with Crippen molar-refractivity contribution >= 4 is 35.4 Å². The standard InChI is InChI=1S/C17H17ClN6O/c1-10(2)7-11-8-24(21-20-11)15-16-22(3)17(25)14-12(18)5-4-6-13(14)23(16)9-19-15/h4-6,8-10H,7H2,1-3H3/p+1. The largest absolute Gasteiger partial charge is 0.269 e. The normalized spacial score (nSPS) is 19.0. The van der Waals surface area contributed by atoms with E-state index in [9.17, 15) is 4.79 Å². The maximum Gasteiger partial charge on any atom is 0.269 e. The number of carbonyl (C=O) groups is 1. The van der Waals surface area contributed by atoms with Crippen LogP contribution in [0.4, 0.5) is 5.69 Å². The van der Waals surface area contributed by atoms with Gasteiger partial charge in [-0.05, 0) is 18.4 Å². The molecule has 1 amide bonds. The number of halogens is 1. The van der Waals surface area contributed by atoms with Crippen LogP contribution in [0.25, 0.3) is 5.82 Å². The van der Waals surface area contributed by atoms with Gasteiger partial charge in [0.2, 0.25) is 12.2 Å². The van der Waals surface area contributed by atoms with Gasteiger partial charge >= 0.3 is 0 Å². The quantitative estimate of drug-likeness (QED) is 0.906. The first-order valence-corrected chi connectivity index (χ1v) is 8.49. The number of nitrogens with zero attached hydrogens (tertiary/aromatic N) is 5. The summed E-state index contributed by atoms with van der Waals surface area (Å²) in [7, 11) is 1.73. The molecule has 0 fully saturated rings. The zero-order valence-corrected chi connectivity index (χ0v) is 14.9. The lowest BCUT2D eigenvalue weighted by molar-refractivity contribution is -0.685. The van der Waals surface area contributed by atoms with Gasteiger partial charge in [0.15, 0.2) is 5.69 Å². The van der Waals surface area contributed by atoms with E-state index >= 15 is 0 Å². The highest BCUT2D eigenvalue weighted by molar-refractivity contribution is 6.34. The molecule has 1 N–H and O–H groups in total. The summed E-state index contributed by atoms with van der Waals surface area (Å²) in [4.78, 5) is 19.7. The van der Waals surface area contributed by atoms with Crippen LogP contribution in [0, 0.1) is 5.92 Å². The lowest BCUT2D eigenvalue weighted by Gasteiger charge is -2.28. The molecular formula is C17H18ClN6O+. The van der Waals surface area contributed by atoms with Crippen molar-refractivity contribution in [1.29, 1.82) is 0 Å². The second-order valence-corrected chi connectivity index (χ2v) is 7.03. The van der Waals surface area contributed by atoms with Gasteiger partial charge in [0, 0.05) is 13.1 Å². The predicted molar refractivity (Wildman–Crippen MR) is 94.4 cm³/mol. The third-order valence-corrected chi connectivity index (χ3v) is 4.63. The molecule has 1 atom stereocenters. The van der Waals surface area contributed by atoms with E-state index in [1.807, 2.05) is 18.3 Å². The van der Waals surface area contributed by atoms with Crippen LogP contribution in [0.1, 0.15) is 29.9 Å². The van der Waals surface area contributed by atoms with Gasteiger partial charge in [-0.3, -0.25) is 9.69 Å². The Morgan fingerprint density at radius 1 is 1.32 bits per heavy atom. The molecule has 128 valence electrons. The highest BCUT2D eigenvalue weighted by Crippen LogP contribution is 2.30. The lowest BCUT2D eigenvalue weighted by atomic mass is 10.1. The van der Waals surface area contributed by atoms with Crippen LogP contribution in [-0.2, 0) is 6.42 Å². The van der Waals surface area contributed by atoms with Crippen LogP contribution in [0.5, 0.6) is 0 Å². The summed E-state index contributed by atoms with van der Waals surface area (Å²) in [6, 6.07) is 5.46. The number of quaternary nitrogens is 1. The molecule has 0 bridgehead atoms. The zero-order valence-electron chi connectivity index (χ0n) is 14.2. The Morgan fingerprint density at radius 2 is 2.12 bits per heavy atom. The summed E-state index contributed by atoms with van der Waals surface area (Å²) in [5.41, 5.74) is 2.21. The number of aliphatic imine (C=N–C) groups is 1. The van der Waals surface area contributed by atoms with Crippen molar-refractivity contribution in [2.45, 2.75) is 20.3 Å². The number of carbonyl (C=O) groups excluding carboxylic acids is 1. The van der Waals surface area contributed by atoms with E-state index in [4.69, 9.17) is 11.6 Å². The van der Waals surface area contributed by atoms with Crippen molar-refractivity contribution < 1.29 is 9.69 Å². The fraction of sp³-hybridized carbons (Fsp3) is 0.294.